The summed E-state index contributed by atoms with van der Waals surface area (Å²) in [5, 5.41) is 4.27. The lowest BCUT2D eigenvalue weighted by Crippen LogP contribution is -2.35. The van der Waals surface area contributed by atoms with Gasteiger partial charge < -0.3 is 9.64 Å². The number of hydrogen-bond acceptors (Lipinski definition) is 4. The molecule has 2 rings (SSSR count). The molecule has 0 unspecified atom stereocenters. The van der Waals surface area contributed by atoms with Gasteiger partial charge in [0.05, 0.1) is 7.11 Å². The minimum Gasteiger partial charge on any atom is -0.480 e. The molecule has 0 saturated carbocycles. The van der Waals surface area contributed by atoms with Crippen LogP contribution in [0.4, 0.5) is 0 Å². The van der Waals surface area contributed by atoms with Gasteiger partial charge >= 0.3 is 0 Å². The second-order valence-corrected chi connectivity index (χ2v) is 5.82. The van der Waals surface area contributed by atoms with E-state index < -0.39 is 0 Å². The maximum absolute atomic E-state index is 12.6. The van der Waals surface area contributed by atoms with Gasteiger partial charge in [0.2, 0.25) is 5.88 Å². The molecule has 0 N–H and O–H groups in total. The molecule has 1 aromatic rings. The van der Waals surface area contributed by atoms with Gasteiger partial charge in [0, 0.05) is 39.8 Å². The van der Waals surface area contributed by atoms with Crippen molar-refractivity contribution < 1.29 is 9.53 Å². The second-order valence-electron chi connectivity index (χ2n) is 5.03. The third-order valence-corrected chi connectivity index (χ3v) is 4.31. The van der Waals surface area contributed by atoms with Crippen molar-refractivity contribution in [1.82, 2.24) is 19.6 Å². The number of aryl methyl sites for hydroxylation is 1. The van der Waals surface area contributed by atoms with Gasteiger partial charge in [0.15, 0.2) is 5.69 Å². The number of methoxy groups -OCH3 is 1. The first-order chi connectivity index (χ1) is 10.1. The van der Waals surface area contributed by atoms with Crippen LogP contribution in [0.5, 0.6) is 5.88 Å². The van der Waals surface area contributed by atoms with Crippen molar-refractivity contribution in [2.75, 3.05) is 39.8 Å². The van der Waals surface area contributed by atoms with Gasteiger partial charge in [-0.2, -0.15) is 5.10 Å². The number of carbonyl (C=O) groups is 1. The third-order valence-electron chi connectivity index (χ3n) is 3.60. The predicted molar refractivity (Wildman–Crippen MR) is 84.6 cm³/mol. The Labute approximate surface area is 133 Å². The summed E-state index contributed by atoms with van der Waals surface area (Å²) in [6.45, 7) is 7.93. The molecule has 116 valence electrons. The Balaban J connectivity index is 2.11. The molecule has 1 amide bonds. The van der Waals surface area contributed by atoms with Gasteiger partial charge in [-0.15, -0.1) is 6.58 Å². The highest BCUT2D eigenvalue weighted by molar-refractivity contribution is 9.10. The van der Waals surface area contributed by atoms with E-state index in [9.17, 15) is 4.79 Å². The molecule has 0 bridgehead atoms. The Kier molecular flexibility index (Phi) is 5.41. The quantitative estimate of drug-likeness (QED) is 0.767. The topological polar surface area (TPSA) is 50.6 Å². The molecule has 0 aliphatic carbocycles. The minimum atomic E-state index is -0.0544. The van der Waals surface area contributed by atoms with E-state index in [1.165, 1.54) is 0 Å². The zero-order valence-electron chi connectivity index (χ0n) is 12.5. The van der Waals surface area contributed by atoms with Crippen molar-refractivity contribution in [2.24, 2.45) is 7.05 Å². The smallest absolute Gasteiger partial charge is 0.275 e. The Hall–Kier alpha value is -1.34. The van der Waals surface area contributed by atoms with Crippen molar-refractivity contribution in [2.45, 2.75) is 6.42 Å². The average Bonchev–Trinajstić information content (AvgIpc) is 2.65. The van der Waals surface area contributed by atoms with Gasteiger partial charge in [0.25, 0.3) is 5.91 Å². The predicted octanol–water partition coefficient (Wildman–Crippen LogP) is 1.53. The molecule has 0 spiro atoms. The summed E-state index contributed by atoms with van der Waals surface area (Å²) in [4.78, 5) is 16.8. The number of halogens is 1. The zero-order chi connectivity index (χ0) is 15.4. The van der Waals surface area contributed by atoms with E-state index in [-0.39, 0.29) is 5.91 Å². The molecule has 0 aromatic carbocycles. The van der Waals surface area contributed by atoms with E-state index in [0.29, 0.717) is 22.6 Å². The Bertz CT molecular complexity index is 529. The SMILES string of the molecule is C=CCN1CCCN(C(=O)c2nn(C)c(OC)c2Br)CC1. The van der Waals surface area contributed by atoms with Crippen LogP contribution in [-0.4, -0.2) is 65.3 Å². The first kappa shape index (κ1) is 16.0. The highest BCUT2D eigenvalue weighted by Gasteiger charge is 2.26. The second kappa shape index (κ2) is 7.09. The lowest BCUT2D eigenvalue weighted by molar-refractivity contribution is 0.0754. The van der Waals surface area contributed by atoms with Crippen LogP contribution in [0.15, 0.2) is 17.1 Å². The van der Waals surface area contributed by atoms with Crippen LogP contribution < -0.4 is 4.74 Å². The van der Waals surface area contributed by atoms with E-state index in [1.807, 2.05) is 11.0 Å². The van der Waals surface area contributed by atoms with Crippen molar-refractivity contribution in [3.05, 3.63) is 22.8 Å². The number of amides is 1. The lowest BCUT2D eigenvalue weighted by Gasteiger charge is -2.20. The van der Waals surface area contributed by atoms with E-state index in [0.717, 1.165) is 32.6 Å². The highest BCUT2D eigenvalue weighted by Crippen LogP contribution is 2.28. The highest BCUT2D eigenvalue weighted by atomic mass is 79.9. The molecule has 6 nitrogen and oxygen atoms in total. The molecule has 1 aliphatic heterocycles. The Morgan fingerprint density at radius 1 is 1.43 bits per heavy atom. The van der Waals surface area contributed by atoms with E-state index in [1.54, 1.807) is 18.8 Å². The van der Waals surface area contributed by atoms with Crippen molar-refractivity contribution in [3.8, 4) is 5.88 Å². The summed E-state index contributed by atoms with van der Waals surface area (Å²) < 4.78 is 7.42. The maximum Gasteiger partial charge on any atom is 0.275 e. The van der Waals surface area contributed by atoms with Crippen LogP contribution in [0.25, 0.3) is 0 Å². The van der Waals surface area contributed by atoms with Crippen LogP contribution in [0.2, 0.25) is 0 Å². The van der Waals surface area contributed by atoms with Crippen LogP contribution in [0, 0.1) is 0 Å². The summed E-state index contributed by atoms with van der Waals surface area (Å²) in [6.07, 6.45) is 2.86. The van der Waals surface area contributed by atoms with Crippen LogP contribution in [-0.2, 0) is 7.05 Å². The Morgan fingerprint density at radius 3 is 2.81 bits per heavy atom. The fourth-order valence-electron chi connectivity index (χ4n) is 2.53. The molecular formula is C14H21BrN4O2. The van der Waals surface area contributed by atoms with Gasteiger partial charge in [-0.25, -0.2) is 4.68 Å². The fraction of sp³-hybridized carbons (Fsp3) is 0.571. The molecule has 7 heteroatoms. The van der Waals surface area contributed by atoms with Crippen molar-refractivity contribution in [3.63, 3.8) is 0 Å². The number of rotatable bonds is 4. The normalized spacial score (nSPS) is 16.6. The van der Waals surface area contributed by atoms with Gasteiger partial charge in [0.1, 0.15) is 4.47 Å². The number of ether oxygens (including phenoxy) is 1. The number of nitrogens with zero attached hydrogens (tertiary/aromatic N) is 4. The summed E-state index contributed by atoms with van der Waals surface area (Å²) in [7, 11) is 3.32. The molecule has 21 heavy (non-hydrogen) atoms. The molecule has 1 fully saturated rings. The monoisotopic (exact) mass is 356 g/mol. The van der Waals surface area contributed by atoms with Gasteiger partial charge in [-0.3, -0.25) is 9.69 Å². The summed E-state index contributed by atoms with van der Waals surface area (Å²) in [5.41, 5.74) is 0.409. The average molecular weight is 357 g/mol. The first-order valence-electron chi connectivity index (χ1n) is 6.97. The molecule has 0 atom stereocenters. The van der Waals surface area contributed by atoms with Crippen LogP contribution >= 0.6 is 15.9 Å². The maximum atomic E-state index is 12.6. The fourth-order valence-corrected chi connectivity index (χ4v) is 3.20. The standard InChI is InChI=1S/C14H21BrN4O2/c1-4-6-18-7-5-8-19(10-9-18)13(20)12-11(15)14(21-3)17(2)16-12/h4H,1,5-10H2,2-3H3. The summed E-state index contributed by atoms with van der Waals surface area (Å²) in [5.74, 6) is 0.502. The molecule has 1 saturated heterocycles. The molecular weight excluding hydrogens is 336 g/mol. The third kappa shape index (κ3) is 3.47. The minimum absolute atomic E-state index is 0.0544. The van der Waals surface area contributed by atoms with E-state index in [2.05, 4.69) is 32.5 Å². The van der Waals surface area contributed by atoms with Crippen LogP contribution in [0.1, 0.15) is 16.9 Å². The summed E-state index contributed by atoms with van der Waals surface area (Å²) in [6, 6.07) is 0. The molecule has 1 aromatic heterocycles. The van der Waals surface area contributed by atoms with Crippen molar-refractivity contribution >= 4 is 21.8 Å². The van der Waals surface area contributed by atoms with E-state index in [4.69, 9.17) is 4.74 Å². The number of hydrogen-bond donors (Lipinski definition) is 0. The van der Waals surface area contributed by atoms with Gasteiger partial charge in [-0.05, 0) is 22.4 Å². The lowest BCUT2D eigenvalue weighted by atomic mass is 10.3. The Morgan fingerprint density at radius 2 is 2.19 bits per heavy atom. The molecule has 2 heterocycles. The van der Waals surface area contributed by atoms with E-state index >= 15 is 0 Å². The first-order valence-corrected chi connectivity index (χ1v) is 7.76. The largest absolute Gasteiger partial charge is 0.480 e. The summed E-state index contributed by atoms with van der Waals surface area (Å²) >= 11 is 3.41. The molecule has 1 aliphatic rings. The molecule has 0 radical (unpaired) electrons. The number of aromatic nitrogens is 2. The zero-order valence-corrected chi connectivity index (χ0v) is 14.1. The van der Waals surface area contributed by atoms with Gasteiger partial charge in [-0.1, -0.05) is 6.08 Å². The van der Waals surface area contributed by atoms with Crippen molar-refractivity contribution in [1.29, 1.82) is 0 Å². The number of carbonyl (C=O) groups excluding carboxylic acids is 1. The van der Waals surface area contributed by atoms with Crippen LogP contribution in [0.3, 0.4) is 0 Å².